The molecule has 36 heavy (non-hydrogen) atoms. The molecule has 2 heterocycles. The number of likely N-dealkylation sites (tertiary alicyclic amines) is 2. The van der Waals surface area contributed by atoms with Gasteiger partial charge in [-0.25, -0.2) is 9.59 Å². The number of aliphatic hydroxyl groups excluding tert-OH is 2. The van der Waals surface area contributed by atoms with Gasteiger partial charge in [-0.1, -0.05) is 45.9 Å². The minimum Gasteiger partial charge on any atom is -0.480 e. The Morgan fingerprint density at radius 3 is 1.39 bits per heavy atom. The molecule has 190 valence electrons. The van der Waals surface area contributed by atoms with E-state index in [1.807, 2.05) is 0 Å². The van der Waals surface area contributed by atoms with Crippen molar-refractivity contribution in [3.8, 4) is 0 Å². The molecule has 12 heteroatoms. The summed E-state index contributed by atoms with van der Waals surface area (Å²) in [5, 5.41) is 38.8. The molecule has 0 bridgehead atoms. The van der Waals surface area contributed by atoms with Gasteiger partial charge in [-0.15, -0.1) is 0 Å². The minimum atomic E-state index is -1.18. The van der Waals surface area contributed by atoms with Crippen molar-refractivity contribution in [2.75, 3.05) is 13.1 Å². The lowest BCUT2D eigenvalue weighted by molar-refractivity contribution is -0.142. The molecular weight excluding hydrogens is 508 g/mol. The third-order valence-corrected chi connectivity index (χ3v) is 8.59. The van der Waals surface area contributed by atoms with Gasteiger partial charge in [-0.3, -0.25) is 9.59 Å². The van der Waals surface area contributed by atoms with Crippen molar-refractivity contribution in [1.82, 2.24) is 9.80 Å². The normalized spacial score (nSPS) is 23.6. The Hall–Kier alpha value is -3.06. The van der Waals surface area contributed by atoms with Crippen LogP contribution in [0.1, 0.15) is 33.6 Å². The summed E-state index contributed by atoms with van der Waals surface area (Å²) in [4.78, 5) is 53.0. The predicted octanol–water partition coefficient (Wildman–Crippen LogP) is 1.81. The molecule has 4 N–H and O–H groups in total. The van der Waals surface area contributed by atoms with E-state index < -0.39 is 48.0 Å². The van der Waals surface area contributed by atoms with Crippen LogP contribution in [-0.2, 0) is 9.59 Å². The number of β-amino-alcohol motifs (C(OH)–C–C–N with tert-alkyl or cyclic N) is 2. The fourth-order valence-electron chi connectivity index (χ4n) is 4.38. The zero-order chi connectivity index (χ0) is 26.0. The van der Waals surface area contributed by atoms with Gasteiger partial charge in [0.05, 0.1) is 23.3 Å². The number of hydrogen-bond donors (Lipinski definition) is 4. The van der Waals surface area contributed by atoms with Crippen LogP contribution >= 0.6 is 21.6 Å². The molecule has 0 spiro atoms. The van der Waals surface area contributed by atoms with Crippen molar-refractivity contribution < 1.29 is 39.6 Å². The number of nitrogens with zero attached hydrogens (tertiary/aromatic N) is 2. The Labute approximate surface area is 214 Å². The number of hydrogen-bond acceptors (Lipinski definition) is 8. The Kier molecular flexibility index (Phi) is 7.88. The lowest BCUT2D eigenvalue weighted by Crippen LogP contribution is -2.40. The SMILES string of the molecule is O=C(O)[C@H]1C[C@H](O)CN1C(=O)c1ccccc1SSc1ccccc1C(=O)N1C[C@H](O)C[C@H]1C(=O)O. The highest BCUT2D eigenvalue weighted by molar-refractivity contribution is 8.76. The smallest absolute Gasteiger partial charge is 0.326 e. The zero-order valence-electron chi connectivity index (χ0n) is 18.9. The number of benzene rings is 2. The monoisotopic (exact) mass is 532 g/mol. The van der Waals surface area contributed by atoms with Gasteiger partial charge in [0.15, 0.2) is 0 Å². The second-order valence-electron chi connectivity index (χ2n) is 8.56. The molecule has 4 rings (SSSR count). The van der Waals surface area contributed by atoms with Gasteiger partial charge >= 0.3 is 11.9 Å². The Morgan fingerprint density at radius 2 is 1.03 bits per heavy atom. The second-order valence-corrected chi connectivity index (χ2v) is 10.8. The van der Waals surface area contributed by atoms with Gasteiger partial charge in [0.25, 0.3) is 11.8 Å². The van der Waals surface area contributed by atoms with Gasteiger partial charge in [0.2, 0.25) is 0 Å². The summed E-state index contributed by atoms with van der Waals surface area (Å²) in [5.41, 5.74) is 0.542. The number of carboxylic acids is 2. The Morgan fingerprint density at radius 1 is 0.667 bits per heavy atom. The van der Waals surface area contributed by atoms with Gasteiger partial charge in [0, 0.05) is 35.7 Å². The number of carbonyl (C=O) groups is 4. The largest absolute Gasteiger partial charge is 0.480 e. The number of carboxylic acid groups (broad SMARTS) is 2. The molecule has 2 saturated heterocycles. The van der Waals surface area contributed by atoms with Crippen molar-refractivity contribution in [3.05, 3.63) is 59.7 Å². The van der Waals surface area contributed by atoms with Crippen LogP contribution < -0.4 is 0 Å². The molecule has 10 nitrogen and oxygen atoms in total. The van der Waals surface area contributed by atoms with E-state index in [1.165, 1.54) is 21.6 Å². The first-order valence-electron chi connectivity index (χ1n) is 11.1. The molecule has 0 aromatic heterocycles. The molecule has 0 radical (unpaired) electrons. The maximum atomic E-state index is 13.2. The highest BCUT2D eigenvalue weighted by atomic mass is 33.1. The number of amides is 2. The summed E-state index contributed by atoms with van der Waals surface area (Å²) in [6, 6.07) is 11.1. The van der Waals surface area contributed by atoms with Crippen LogP contribution in [0.15, 0.2) is 58.3 Å². The number of aliphatic carboxylic acids is 2. The van der Waals surface area contributed by atoms with Gasteiger partial charge in [-0.05, 0) is 24.3 Å². The van der Waals surface area contributed by atoms with Crippen LogP contribution in [0.5, 0.6) is 0 Å². The predicted molar refractivity (Wildman–Crippen MR) is 131 cm³/mol. The second kappa shape index (κ2) is 10.9. The molecule has 0 saturated carbocycles. The quantitative estimate of drug-likeness (QED) is 0.388. The molecule has 2 aromatic carbocycles. The molecule has 0 unspecified atom stereocenters. The van der Waals surface area contributed by atoms with E-state index in [9.17, 15) is 39.6 Å². The summed E-state index contributed by atoms with van der Waals surface area (Å²) < 4.78 is 0. The van der Waals surface area contributed by atoms with Crippen LogP contribution in [0.2, 0.25) is 0 Å². The molecule has 0 aliphatic carbocycles. The first-order chi connectivity index (χ1) is 17.2. The maximum absolute atomic E-state index is 13.2. The third-order valence-electron chi connectivity index (χ3n) is 6.11. The third kappa shape index (κ3) is 5.36. The van der Waals surface area contributed by atoms with Gasteiger partial charge in [-0.2, -0.15) is 0 Å². The summed E-state index contributed by atoms with van der Waals surface area (Å²) >= 11 is 0. The van der Waals surface area contributed by atoms with Crippen molar-refractivity contribution in [3.63, 3.8) is 0 Å². The van der Waals surface area contributed by atoms with Crippen LogP contribution in [0, 0.1) is 0 Å². The molecule has 2 amide bonds. The van der Waals surface area contributed by atoms with E-state index in [2.05, 4.69) is 0 Å². The lowest BCUT2D eigenvalue weighted by Gasteiger charge is -2.23. The van der Waals surface area contributed by atoms with E-state index in [-0.39, 0.29) is 37.1 Å². The number of carbonyl (C=O) groups excluding carboxylic acids is 2. The summed E-state index contributed by atoms with van der Waals surface area (Å²) in [5.74, 6) is -3.39. The highest BCUT2D eigenvalue weighted by Crippen LogP contribution is 2.41. The molecule has 2 aromatic rings. The van der Waals surface area contributed by atoms with Crippen molar-refractivity contribution >= 4 is 45.3 Å². The van der Waals surface area contributed by atoms with Gasteiger partial charge < -0.3 is 30.2 Å². The first-order valence-corrected chi connectivity index (χ1v) is 13.3. The van der Waals surface area contributed by atoms with E-state index in [0.29, 0.717) is 9.79 Å². The van der Waals surface area contributed by atoms with Crippen LogP contribution in [0.4, 0.5) is 0 Å². The van der Waals surface area contributed by atoms with Crippen LogP contribution in [0.25, 0.3) is 0 Å². The van der Waals surface area contributed by atoms with E-state index in [0.717, 1.165) is 9.80 Å². The fourth-order valence-corrected chi connectivity index (χ4v) is 6.72. The molecule has 2 fully saturated rings. The van der Waals surface area contributed by atoms with Crippen molar-refractivity contribution in [2.24, 2.45) is 0 Å². The van der Waals surface area contributed by atoms with Crippen molar-refractivity contribution in [1.29, 1.82) is 0 Å². The summed E-state index contributed by atoms with van der Waals surface area (Å²) in [6.07, 6.45) is -1.91. The fraction of sp³-hybridized carbons (Fsp3) is 0.333. The van der Waals surface area contributed by atoms with E-state index in [1.54, 1.807) is 48.5 Å². The Balaban J connectivity index is 1.55. The maximum Gasteiger partial charge on any atom is 0.326 e. The summed E-state index contributed by atoms with van der Waals surface area (Å²) in [6.45, 7) is -0.155. The molecular formula is C24H24N2O8S2. The topological polar surface area (TPSA) is 156 Å². The lowest BCUT2D eigenvalue weighted by atomic mass is 10.1. The highest BCUT2D eigenvalue weighted by Gasteiger charge is 2.41. The van der Waals surface area contributed by atoms with Crippen LogP contribution in [0.3, 0.4) is 0 Å². The summed E-state index contributed by atoms with van der Waals surface area (Å²) in [7, 11) is 2.40. The molecule has 4 atom stereocenters. The first kappa shape index (κ1) is 26.0. The van der Waals surface area contributed by atoms with E-state index in [4.69, 9.17) is 0 Å². The molecule has 2 aliphatic heterocycles. The minimum absolute atomic E-state index is 0.0385. The van der Waals surface area contributed by atoms with Crippen molar-refractivity contribution in [2.45, 2.75) is 46.9 Å². The average Bonchev–Trinajstić information content (AvgIpc) is 3.45. The van der Waals surface area contributed by atoms with Gasteiger partial charge in [0.1, 0.15) is 12.1 Å². The standard InChI is InChI=1S/C24H24N2O8S2/c27-13-9-17(23(31)32)25(11-13)21(29)15-5-1-3-7-19(15)35-36-20-8-4-2-6-16(20)22(30)26-12-14(28)10-18(26)24(33)34/h1-8,13-14,17-18,27-28H,9-12H2,(H,31,32)(H,33,34)/t13-,14+,17+,18-. The van der Waals surface area contributed by atoms with Crippen LogP contribution in [-0.4, -0.2) is 91.4 Å². The zero-order valence-corrected chi connectivity index (χ0v) is 20.5. The average molecular weight is 533 g/mol. The Bertz CT molecular complexity index is 1100. The molecule has 2 aliphatic rings. The number of rotatable bonds is 7. The van der Waals surface area contributed by atoms with E-state index >= 15 is 0 Å². The number of aliphatic hydroxyl groups is 2.